The number of nitrogens with one attached hydrogen (secondary N) is 1. The molecular weight excluding hydrogens is 654 g/mol. The summed E-state index contributed by atoms with van der Waals surface area (Å²) in [6.45, 7) is 15.0. The van der Waals surface area contributed by atoms with E-state index in [1.807, 2.05) is 83.9 Å². The molecule has 12 nitrogen and oxygen atoms in total. The zero-order valence-electron chi connectivity index (χ0n) is 32.2. The number of esters is 1. The van der Waals surface area contributed by atoms with E-state index in [4.69, 9.17) is 29.4 Å². The normalized spacial score (nSPS) is 46.3. The van der Waals surface area contributed by atoms with Crippen LogP contribution in [-0.4, -0.2) is 114 Å². The Morgan fingerprint density at radius 3 is 2.37 bits per heavy atom. The third-order valence-corrected chi connectivity index (χ3v) is 12.3. The van der Waals surface area contributed by atoms with Crippen LogP contribution in [0, 0.1) is 23.7 Å². The van der Waals surface area contributed by atoms with Gasteiger partial charge < -0.3 is 49.8 Å². The number of cyclic esters (lactones) is 1. The number of rotatable bonds is 7. The summed E-state index contributed by atoms with van der Waals surface area (Å²) in [5.41, 5.74) is 5.43. The van der Waals surface area contributed by atoms with Crippen molar-refractivity contribution in [2.75, 3.05) is 14.1 Å². The van der Waals surface area contributed by atoms with Crippen molar-refractivity contribution in [1.29, 1.82) is 0 Å². The van der Waals surface area contributed by atoms with Crippen LogP contribution in [0.2, 0.25) is 0 Å². The van der Waals surface area contributed by atoms with Gasteiger partial charge in [-0.15, -0.1) is 0 Å². The maximum atomic E-state index is 14.1. The third kappa shape index (κ3) is 8.27. The average Bonchev–Trinajstić information content (AvgIpc) is 3.80. The fraction of sp³-hybridized carbons (Fsp3) is 0.795. The smallest absolute Gasteiger partial charge is 0.407 e. The van der Waals surface area contributed by atoms with Crippen molar-refractivity contribution in [2.45, 2.75) is 159 Å². The molecule has 1 aromatic rings. The molecule has 5 rings (SSSR count). The molecule has 51 heavy (non-hydrogen) atoms. The van der Waals surface area contributed by atoms with E-state index < -0.39 is 71.8 Å². The van der Waals surface area contributed by atoms with E-state index in [1.165, 1.54) is 0 Å². The Bertz CT molecular complexity index is 1350. The number of likely N-dealkylation sites (N-methyl/N-ethyl adjacent to an activating group) is 1. The Labute approximate surface area is 304 Å². The zero-order valence-corrected chi connectivity index (χ0v) is 32.2. The molecule has 3 heterocycles. The molecule has 1 aromatic carbocycles. The van der Waals surface area contributed by atoms with Gasteiger partial charge in [0, 0.05) is 35.9 Å². The van der Waals surface area contributed by atoms with E-state index in [9.17, 15) is 19.8 Å². The number of aliphatic hydroxyl groups is 2. The Morgan fingerprint density at radius 1 is 1.08 bits per heavy atom. The predicted octanol–water partition coefficient (Wildman–Crippen LogP) is 3.95. The Kier molecular flexibility index (Phi) is 12.2. The van der Waals surface area contributed by atoms with Gasteiger partial charge in [-0.25, -0.2) is 4.79 Å². The summed E-state index contributed by atoms with van der Waals surface area (Å²) in [7, 11) is 3.79. The number of nitrogens with zero attached hydrogens (tertiary/aromatic N) is 1. The highest BCUT2D eigenvalue weighted by Gasteiger charge is 2.57. The number of ether oxygens (including phenoxy) is 5. The third-order valence-electron chi connectivity index (χ3n) is 12.3. The molecule has 1 saturated carbocycles. The van der Waals surface area contributed by atoms with E-state index in [0.717, 1.165) is 12.0 Å². The van der Waals surface area contributed by atoms with E-state index in [0.29, 0.717) is 12.8 Å². The lowest BCUT2D eigenvalue weighted by molar-refractivity contribution is -0.299. The standard InChI is InChI=1S/C39H63N3O9/c1-11-29-39(8)33(40)22(4)31(51-39)20(2)19-38(7,46)34(50-36-30(43)28(42(9)10)17-21(3)47-36)23(5)32(24(6)35(44)48-29)49-37(45)41-27-18-26(27)25-15-13-12-14-16-25/h12-16,20-24,26-34,36,43,46H,11,17-19,40H2,1-10H3,(H,41,45)/t20-,21-,22-,23+,24-,26?,27?,28+,29+,30-,31-,32+,33+,34-,36?,38-,39?/m1/s1. The van der Waals surface area contributed by atoms with Gasteiger partial charge in [0.1, 0.15) is 23.9 Å². The van der Waals surface area contributed by atoms with Gasteiger partial charge >= 0.3 is 12.1 Å². The van der Waals surface area contributed by atoms with Crippen molar-refractivity contribution in [3.63, 3.8) is 0 Å². The largest absolute Gasteiger partial charge is 0.459 e. The molecule has 5 N–H and O–H groups in total. The topological polar surface area (TPSA) is 162 Å². The Balaban J connectivity index is 1.50. The molecule has 0 spiro atoms. The number of hydrogen-bond acceptors (Lipinski definition) is 11. The summed E-state index contributed by atoms with van der Waals surface area (Å²) in [6.07, 6.45) is -4.11. The molecule has 17 atom stereocenters. The van der Waals surface area contributed by atoms with Gasteiger partial charge in [-0.2, -0.15) is 0 Å². The molecule has 0 aromatic heterocycles. The number of aliphatic hydroxyl groups excluding tert-OH is 1. The summed E-state index contributed by atoms with van der Waals surface area (Å²) >= 11 is 0. The molecule has 12 heteroatoms. The lowest BCUT2D eigenvalue weighted by Crippen LogP contribution is -2.59. The van der Waals surface area contributed by atoms with Crippen LogP contribution in [0.4, 0.5) is 4.79 Å². The summed E-state index contributed by atoms with van der Waals surface area (Å²) in [5, 5.41) is 27.0. The molecule has 2 bridgehead atoms. The number of fused-ring (bicyclic) bond motifs is 2. The highest BCUT2D eigenvalue weighted by molar-refractivity contribution is 5.74. The number of hydrogen-bond donors (Lipinski definition) is 4. The molecule has 1 aliphatic carbocycles. The van der Waals surface area contributed by atoms with Crippen LogP contribution >= 0.6 is 0 Å². The SMILES string of the molecule is CC[C@@H]1OC(=O)[C@H](C)[C@@H](OC(=O)NC2CC2c2ccccc2)[C@H](C)[C@@H](OC2O[C@H](C)C[C@H](N(C)C)[C@H]2O)[C@](C)(O)C[C@@H](C)[C@H]2OC1(C)[C@@H](N)[C@@H]2C. The summed E-state index contributed by atoms with van der Waals surface area (Å²) in [6, 6.07) is 9.16. The van der Waals surface area contributed by atoms with Crippen LogP contribution in [0.5, 0.6) is 0 Å². The Hall–Kier alpha value is -2.32. The predicted molar refractivity (Wildman–Crippen MR) is 192 cm³/mol. The lowest BCUT2D eigenvalue weighted by atomic mass is 9.75. The second kappa shape index (κ2) is 15.6. The molecule has 0 radical (unpaired) electrons. The number of benzene rings is 1. The van der Waals surface area contributed by atoms with Gasteiger partial charge in [-0.05, 0) is 79.0 Å². The van der Waals surface area contributed by atoms with Gasteiger partial charge in [-0.1, -0.05) is 58.0 Å². The van der Waals surface area contributed by atoms with Crippen LogP contribution in [-0.2, 0) is 28.5 Å². The number of carbonyl (C=O) groups is 2. The fourth-order valence-corrected chi connectivity index (χ4v) is 9.21. The molecule has 4 aliphatic rings. The van der Waals surface area contributed by atoms with Crippen molar-refractivity contribution in [3.05, 3.63) is 35.9 Å². The van der Waals surface area contributed by atoms with Gasteiger partial charge in [0.15, 0.2) is 6.29 Å². The van der Waals surface area contributed by atoms with Crippen LogP contribution in [0.25, 0.3) is 0 Å². The van der Waals surface area contributed by atoms with Crippen molar-refractivity contribution in [2.24, 2.45) is 29.4 Å². The quantitative estimate of drug-likeness (QED) is 0.302. The first-order valence-corrected chi connectivity index (χ1v) is 18.9. The minimum absolute atomic E-state index is 0.0992. The van der Waals surface area contributed by atoms with Crippen LogP contribution in [0.1, 0.15) is 92.6 Å². The second-order valence-electron chi connectivity index (χ2n) is 16.7. The first kappa shape index (κ1) is 39.9. The molecule has 4 fully saturated rings. The summed E-state index contributed by atoms with van der Waals surface area (Å²) < 4.78 is 32.0. The highest BCUT2D eigenvalue weighted by Crippen LogP contribution is 2.46. The monoisotopic (exact) mass is 717 g/mol. The molecule has 4 unspecified atom stereocenters. The summed E-state index contributed by atoms with van der Waals surface area (Å²) in [5.74, 6) is -2.44. The molecule has 288 valence electrons. The first-order chi connectivity index (χ1) is 23.9. The maximum Gasteiger partial charge on any atom is 0.407 e. The summed E-state index contributed by atoms with van der Waals surface area (Å²) in [4.78, 5) is 29.7. The second-order valence-corrected chi connectivity index (χ2v) is 16.7. The van der Waals surface area contributed by atoms with E-state index >= 15 is 0 Å². The van der Waals surface area contributed by atoms with E-state index in [-0.39, 0.29) is 48.5 Å². The number of alkyl carbamates (subject to hydrolysis) is 1. The van der Waals surface area contributed by atoms with Gasteiger partial charge in [0.05, 0.1) is 29.8 Å². The van der Waals surface area contributed by atoms with Gasteiger partial charge in [0.2, 0.25) is 0 Å². The first-order valence-electron chi connectivity index (χ1n) is 18.9. The van der Waals surface area contributed by atoms with E-state index in [2.05, 4.69) is 5.32 Å². The zero-order chi connectivity index (χ0) is 37.6. The average molecular weight is 718 g/mol. The van der Waals surface area contributed by atoms with Crippen LogP contribution in [0.3, 0.4) is 0 Å². The molecule has 3 saturated heterocycles. The molecule has 3 aliphatic heterocycles. The number of carbonyl (C=O) groups excluding carboxylic acids is 2. The van der Waals surface area contributed by atoms with Crippen LogP contribution in [0.15, 0.2) is 30.3 Å². The molecule has 1 amide bonds. The van der Waals surface area contributed by atoms with Crippen molar-refractivity contribution in [1.82, 2.24) is 10.2 Å². The fourth-order valence-electron chi connectivity index (χ4n) is 9.21. The number of amides is 1. The van der Waals surface area contributed by atoms with Gasteiger partial charge in [0.25, 0.3) is 0 Å². The minimum atomic E-state index is -1.56. The van der Waals surface area contributed by atoms with Crippen LogP contribution < -0.4 is 11.1 Å². The highest BCUT2D eigenvalue weighted by atomic mass is 16.7. The Morgan fingerprint density at radius 2 is 1.75 bits per heavy atom. The van der Waals surface area contributed by atoms with Crippen molar-refractivity contribution in [3.8, 4) is 0 Å². The van der Waals surface area contributed by atoms with Crippen molar-refractivity contribution >= 4 is 12.1 Å². The number of nitrogens with two attached hydrogens (primary N) is 1. The van der Waals surface area contributed by atoms with Crippen molar-refractivity contribution < 1.29 is 43.5 Å². The van der Waals surface area contributed by atoms with E-state index in [1.54, 1.807) is 20.8 Å². The minimum Gasteiger partial charge on any atom is -0.459 e. The molecular formula is C39H63N3O9. The lowest BCUT2D eigenvalue weighted by Gasteiger charge is -2.47. The van der Waals surface area contributed by atoms with Gasteiger partial charge in [-0.3, -0.25) is 4.79 Å². The maximum absolute atomic E-state index is 14.1.